The smallest absolute Gasteiger partial charge is 0.338 e. The van der Waals surface area contributed by atoms with Gasteiger partial charge in [-0.2, -0.15) is 0 Å². The number of esters is 1. The highest BCUT2D eigenvalue weighted by molar-refractivity contribution is 7.07. The zero-order chi connectivity index (χ0) is 34.5. The van der Waals surface area contributed by atoms with Crippen LogP contribution in [0.5, 0.6) is 11.5 Å². The molecule has 248 valence electrons. The van der Waals surface area contributed by atoms with Gasteiger partial charge in [0.15, 0.2) is 4.80 Å². The van der Waals surface area contributed by atoms with E-state index in [0.29, 0.717) is 66.1 Å². The molecule has 1 aliphatic rings. The third-order valence-corrected chi connectivity index (χ3v) is 9.04. The number of hydrogen-bond donors (Lipinski definition) is 1. The highest BCUT2D eigenvalue weighted by atomic mass is 35.5. The van der Waals surface area contributed by atoms with Crippen LogP contribution in [0.3, 0.4) is 0 Å². The van der Waals surface area contributed by atoms with Crippen LogP contribution in [0.15, 0.2) is 118 Å². The fraction of sp³-hybridized carbons (Fsp3) is 0.158. The van der Waals surface area contributed by atoms with Crippen molar-refractivity contribution < 1.29 is 23.8 Å². The minimum Gasteiger partial charge on any atom is -0.497 e. The summed E-state index contributed by atoms with van der Waals surface area (Å²) in [5.74, 6) is 0.348. The molecule has 0 saturated heterocycles. The van der Waals surface area contributed by atoms with Gasteiger partial charge in [-0.3, -0.25) is 14.2 Å². The van der Waals surface area contributed by atoms with Crippen LogP contribution in [0.1, 0.15) is 46.9 Å². The van der Waals surface area contributed by atoms with Gasteiger partial charge in [0.05, 0.1) is 41.1 Å². The number of carbonyl (C=O) groups excluding carboxylic acids is 2. The van der Waals surface area contributed by atoms with E-state index in [1.165, 1.54) is 11.3 Å². The van der Waals surface area contributed by atoms with Gasteiger partial charge in [0, 0.05) is 16.3 Å². The number of anilines is 1. The molecule has 0 spiro atoms. The molecule has 9 nitrogen and oxygen atoms in total. The third kappa shape index (κ3) is 7.35. The average molecular weight is 694 g/mol. The molecule has 0 saturated carbocycles. The van der Waals surface area contributed by atoms with E-state index >= 15 is 0 Å². The van der Waals surface area contributed by atoms with Crippen LogP contribution < -0.4 is 29.7 Å². The number of aromatic nitrogens is 1. The number of benzene rings is 4. The Morgan fingerprint density at radius 3 is 2.51 bits per heavy atom. The Balaban J connectivity index is 1.38. The molecule has 1 aromatic heterocycles. The Morgan fingerprint density at radius 2 is 1.78 bits per heavy atom. The molecule has 0 bridgehead atoms. The van der Waals surface area contributed by atoms with Crippen molar-refractivity contribution in [3.05, 3.63) is 155 Å². The Hall–Kier alpha value is -5.45. The molecule has 6 rings (SSSR count). The van der Waals surface area contributed by atoms with E-state index in [4.69, 9.17) is 30.8 Å². The summed E-state index contributed by atoms with van der Waals surface area (Å²) < 4.78 is 18.7. The first-order valence-corrected chi connectivity index (χ1v) is 16.7. The normalized spacial score (nSPS) is 14.1. The first-order valence-electron chi connectivity index (χ1n) is 15.5. The van der Waals surface area contributed by atoms with Crippen molar-refractivity contribution in [3.63, 3.8) is 0 Å². The van der Waals surface area contributed by atoms with Gasteiger partial charge in [0.1, 0.15) is 18.1 Å². The van der Waals surface area contributed by atoms with Gasteiger partial charge in [-0.25, -0.2) is 9.79 Å². The Bertz CT molecular complexity index is 2240. The molecule has 0 fully saturated rings. The standard InChI is InChI=1S/C38H32ClN3O6S/c1-4-47-37(45)25-15-13-24(14-16-25)22-48-31-18-17-28(39)19-27(31)21-32-36(44)42-34(26-9-8-12-30(20-26)46-3)33(23(2)40-38(42)49-32)35(43)41-29-10-6-5-7-11-29/h5-21,34H,4,22H2,1-3H3,(H,41,43)/b32-21-/t34-/m0/s1. The molecular formula is C38H32ClN3O6S. The van der Waals surface area contributed by atoms with Gasteiger partial charge in [0.2, 0.25) is 0 Å². The van der Waals surface area contributed by atoms with Gasteiger partial charge in [0.25, 0.3) is 11.5 Å². The third-order valence-electron chi connectivity index (χ3n) is 7.83. The fourth-order valence-corrected chi connectivity index (χ4v) is 6.69. The largest absolute Gasteiger partial charge is 0.497 e. The Morgan fingerprint density at radius 1 is 1.00 bits per heavy atom. The summed E-state index contributed by atoms with van der Waals surface area (Å²) in [6, 6.07) is 27.8. The van der Waals surface area contributed by atoms with E-state index in [-0.39, 0.29) is 24.0 Å². The maximum Gasteiger partial charge on any atom is 0.338 e. The highest BCUT2D eigenvalue weighted by Gasteiger charge is 2.33. The quantitative estimate of drug-likeness (QED) is 0.172. The molecule has 11 heteroatoms. The van der Waals surface area contributed by atoms with Crippen molar-refractivity contribution >= 4 is 46.6 Å². The van der Waals surface area contributed by atoms with Crippen molar-refractivity contribution in [1.29, 1.82) is 0 Å². The number of nitrogens with zero attached hydrogens (tertiary/aromatic N) is 2. The lowest BCUT2D eigenvalue weighted by Crippen LogP contribution is -2.40. The number of methoxy groups -OCH3 is 1. The number of hydrogen-bond acceptors (Lipinski definition) is 8. The predicted octanol–water partition coefficient (Wildman–Crippen LogP) is 6.29. The summed E-state index contributed by atoms with van der Waals surface area (Å²) in [5.41, 5.74) is 3.72. The molecule has 4 aromatic carbocycles. The van der Waals surface area contributed by atoms with Crippen molar-refractivity contribution in [2.24, 2.45) is 4.99 Å². The predicted molar refractivity (Wildman–Crippen MR) is 190 cm³/mol. The van der Waals surface area contributed by atoms with E-state index in [0.717, 1.165) is 5.56 Å². The molecule has 0 unspecified atom stereocenters. The number of carbonyl (C=O) groups is 2. The van der Waals surface area contributed by atoms with E-state index in [9.17, 15) is 14.4 Å². The topological polar surface area (TPSA) is 108 Å². The van der Waals surface area contributed by atoms with Crippen molar-refractivity contribution in [2.75, 3.05) is 19.0 Å². The number of rotatable bonds is 10. The van der Waals surface area contributed by atoms with E-state index < -0.39 is 6.04 Å². The van der Waals surface area contributed by atoms with Crippen LogP contribution in [0.25, 0.3) is 6.08 Å². The summed E-state index contributed by atoms with van der Waals surface area (Å²) in [6.07, 6.45) is 1.72. The number of para-hydroxylation sites is 1. The van der Waals surface area contributed by atoms with Gasteiger partial charge in [-0.15, -0.1) is 0 Å². The zero-order valence-electron chi connectivity index (χ0n) is 26.9. The molecule has 5 aromatic rings. The number of ether oxygens (including phenoxy) is 3. The van der Waals surface area contributed by atoms with Crippen LogP contribution in [0.4, 0.5) is 5.69 Å². The maximum absolute atomic E-state index is 14.3. The van der Waals surface area contributed by atoms with Gasteiger partial charge in [-0.1, -0.05) is 65.4 Å². The number of nitrogens with one attached hydrogen (secondary N) is 1. The van der Waals surface area contributed by atoms with Gasteiger partial charge in [-0.05, 0) is 85.6 Å². The molecule has 1 N–H and O–H groups in total. The van der Waals surface area contributed by atoms with Gasteiger partial charge < -0.3 is 19.5 Å². The fourth-order valence-electron chi connectivity index (χ4n) is 5.48. The van der Waals surface area contributed by atoms with Crippen molar-refractivity contribution in [2.45, 2.75) is 26.5 Å². The Kier molecular flexibility index (Phi) is 10.1. The van der Waals surface area contributed by atoms with Crippen molar-refractivity contribution in [1.82, 2.24) is 4.57 Å². The Labute approximate surface area is 291 Å². The van der Waals surface area contributed by atoms with E-state index in [2.05, 4.69) is 5.32 Å². The first kappa shape index (κ1) is 33.5. The number of amides is 1. The first-order chi connectivity index (χ1) is 23.7. The van der Waals surface area contributed by atoms with Crippen LogP contribution in [-0.4, -0.2) is 30.2 Å². The summed E-state index contributed by atoms with van der Waals surface area (Å²) in [7, 11) is 1.57. The average Bonchev–Trinajstić information content (AvgIpc) is 3.41. The monoisotopic (exact) mass is 693 g/mol. The maximum atomic E-state index is 14.3. The van der Waals surface area contributed by atoms with E-state index in [1.54, 1.807) is 86.2 Å². The lowest BCUT2D eigenvalue weighted by molar-refractivity contribution is -0.113. The second-order valence-electron chi connectivity index (χ2n) is 11.1. The molecular weight excluding hydrogens is 662 g/mol. The summed E-state index contributed by atoms with van der Waals surface area (Å²) in [5, 5.41) is 3.43. The molecule has 0 radical (unpaired) electrons. The van der Waals surface area contributed by atoms with Crippen LogP contribution >= 0.6 is 22.9 Å². The molecule has 1 atom stereocenters. The van der Waals surface area contributed by atoms with E-state index in [1.807, 2.05) is 42.5 Å². The van der Waals surface area contributed by atoms with Gasteiger partial charge >= 0.3 is 5.97 Å². The SMILES string of the molecule is CCOC(=O)c1ccc(COc2ccc(Cl)cc2/C=c2\sc3n(c2=O)[C@@H](c2cccc(OC)c2)C(C(=O)Nc2ccccc2)=C(C)N=3)cc1. The molecule has 1 aliphatic heterocycles. The molecule has 1 amide bonds. The minimum absolute atomic E-state index is 0.210. The number of fused-ring (bicyclic) bond motifs is 1. The second-order valence-corrected chi connectivity index (χ2v) is 12.5. The van der Waals surface area contributed by atoms with Crippen LogP contribution in [0, 0.1) is 0 Å². The highest BCUT2D eigenvalue weighted by Crippen LogP contribution is 2.32. The summed E-state index contributed by atoms with van der Waals surface area (Å²) in [4.78, 5) is 45.4. The summed E-state index contributed by atoms with van der Waals surface area (Å²) in [6.45, 7) is 4.04. The van der Waals surface area contributed by atoms with Crippen LogP contribution in [0.2, 0.25) is 5.02 Å². The number of thiazole rings is 1. The second kappa shape index (κ2) is 14.8. The molecule has 49 heavy (non-hydrogen) atoms. The number of halogens is 1. The molecule has 0 aliphatic carbocycles. The minimum atomic E-state index is -0.773. The van der Waals surface area contributed by atoms with Crippen LogP contribution in [-0.2, 0) is 16.1 Å². The molecule has 2 heterocycles. The lowest BCUT2D eigenvalue weighted by Gasteiger charge is -2.25. The zero-order valence-corrected chi connectivity index (χ0v) is 28.5. The van der Waals surface area contributed by atoms with Crippen molar-refractivity contribution in [3.8, 4) is 11.5 Å². The lowest BCUT2D eigenvalue weighted by atomic mass is 9.95. The summed E-state index contributed by atoms with van der Waals surface area (Å²) >= 11 is 7.62. The number of allylic oxidation sites excluding steroid dienone is 1.